The SMILES string of the molecule is O=C(Nc1ccn2ccnc2c1)N1CCOCC1c1ncnn1-c1ccccc1. The van der Waals surface area contributed by atoms with Crippen LogP contribution in [-0.2, 0) is 4.74 Å². The highest BCUT2D eigenvalue weighted by Crippen LogP contribution is 2.25. The monoisotopic (exact) mass is 389 g/mol. The number of urea groups is 1. The van der Waals surface area contributed by atoms with Gasteiger partial charge in [-0.2, -0.15) is 5.10 Å². The predicted molar refractivity (Wildman–Crippen MR) is 106 cm³/mol. The summed E-state index contributed by atoms with van der Waals surface area (Å²) in [5, 5.41) is 7.31. The van der Waals surface area contributed by atoms with Gasteiger partial charge in [-0.1, -0.05) is 18.2 Å². The molecule has 3 aromatic heterocycles. The zero-order chi connectivity index (χ0) is 19.6. The quantitative estimate of drug-likeness (QED) is 0.582. The Hall–Kier alpha value is -3.72. The number of rotatable bonds is 3. The van der Waals surface area contributed by atoms with Crippen LogP contribution in [0.25, 0.3) is 11.3 Å². The lowest BCUT2D eigenvalue weighted by molar-refractivity contribution is 0.0110. The number of fused-ring (bicyclic) bond motifs is 1. The maximum atomic E-state index is 13.1. The van der Waals surface area contributed by atoms with Gasteiger partial charge in [0.15, 0.2) is 5.82 Å². The molecule has 1 atom stereocenters. The molecule has 1 saturated heterocycles. The molecule has 1 aliphatic heterocycles. The van der Waals surface area contributed by atoms with Crippen molar-refractivity contribution in [1.29, 1.82) is 0 Å². The summed E-state index contributed by atoms with van der Waals surface area (Å²) in [7, 11) is 0. The first kappa shape index (κ1) is 17.4. The summed E-state index contributed by atoms with van der Waals surface area (Å²) in [5.41, 5.74) is 2.34. The van der Waals surface area contributed by atoms with Crippen molar-refractivity contribution in [3.63, 3.8) is 0 Å². The van der Waals surface area contributed by atoms with Gasteiger partial charge in [-0.25, -0.2) is 19.4 Å². The number of carbonyl (C=O) groups excluding carboxylic acids is 1. The van der Waals surface area contributed by atoms with Gasteiger partial charge < -0.3 is 19.4 Å². The number of aromatic nitrogens is 5. The molecule has 0 bridgehead atoms. The maximum Gasteiger partial charge on any atom is 0.322 e. The van der Waals surface area contributed by atoms with Gasteiger partial charge in [-0.3, -0.25) is 0 Å². The Bertz CT molecular complexity index is 1140. The Morgan fingerprint density at radius 2 is 2.03 bits per heavy atom. The van der Waals surface area contributed by atoms with Crippen LogP contribution < -0.4 is 5.32 Å². The summed E-state index contributed by atoms with van der Waals surface area (Å²) >= 11 is 0. The maximum absolute atomic E-state index is 13.1. The van der Waals surface area contributed by atoms with Crippen molar-refractivity contribution in [3.8, 4) is 5.69 Å². The Kier molecular flexibility index (Phi) is 4.41. The molecule has 4 heterocycles. The molecule has 0 aliphatic carbocycles. The number of anilines is 1. The number of amides is 2. The second-order valence-corrected chi connectivity index (χ2v) is 6.69. The lowest BCUT2D eigenvalue weighted by Crippen LogP contribution is -2.46. The fraction of sp³-hybridized carbons (Fsp3) is 0.200. The summed E-state index contributed by atoms with van der Waals surface area (Å²) in [4.78, 5) is 23.5. The molecule has 1 N–H and O–H groups in total. The van der Waals surface area contributed by atoms with Gasteiger partial charge in [-0.15, -0.1) is 0 Å². The van der Waals surface area contributed by atoms with E-state index in [1.165, 1.54) is 6.33 Å². The minimum absolute atomic E-state index is 0.211. The molecule has 1 unspecified atom stereocenters. The fourth-order valence-corrected chi connectivity index (χ4v) is 3.49. The van der Waals surface area contributed by atoms with E-state index >= 15 is 0 Å². The number of nitrogens with one attached hydrogen (secondary N) is 1. The normalized spacial score (nSPS) is 16.8. The number of hydrogen-bond acceptors (Lipinski definition) is 5. The number of para-hydroxylation sites is 1. The number of ether oxygens (including phenoxy) is 1. The number of pyridine rings is 1. The smallest absolute Gasteiger partial charge is 0.322 e. The minimum Gasteiger partial charge on any atom is -0.377 e. The van der Waals surface area contributed by atoms with Gasteiger partial charge in [-0.05, 0) is 18.2 Å². The Labute approximate surface area is 166 Å². The van der Waals surface area contributed by atoms with E-state index in [2.05, 4.69) is 20.4 Å². The topological polar surface area (TPSA) is 89.6 Å². The summed E-state index contributed by atoms with van der Waals surface area (Å²) in [5.74, 6) is 0.662. The van der Waals surface area contributed by atoms with Crippen molar-refractivity contribution in [1.82, 2.24) is 29.0 Å². The molecule has 0 spiro atoms. The summed E-state index contributed by atoms with van der Waals surface area (Å²) in [6.45, 7) is 1.30. The Morgan fingerprint density at radius 3 is 2.93 bits per heavy atom. The third-order valence-electron chi connectivity index (χ3n) is 4.91. The number of hydrogen-bond donors (Lipinski definition) is 1. The molecular formula is C20H19N7O2. The molecule has 5 rings (SSSR count). The van der Waals surface area contributed by atoms with Gasteiger partial charge >= 0.3 is 6.03 Å². The number of carbonyl (C=O) groups is 1. The first-order valence-corrected chi connectivity index (χ1v) is 9.33. The van der Waals surface area contributed by atoms with Crippen LogP contribution >= 0.6 is 0 Å². The van der Waals surface area contributed by atoms with Gasteiger partial charge in [0.25, 0.3) is 0 Å². The van der Waals surface area contributed by atoms with Gasteiger partial charge in [0.2, 0.25) is 0 Å². The van der Waals surface area contributed by atoms with Gasteiger partial charge in [0.1, 0.15) is 18.0 Å². The number of morpholine rings is 1. The van der Waals surface area contributed by atoms with Crippen LogP contribution in [0, 0.1) is 0 Å². The standard InChI is InChI=1S/C20H19N7O2/c28-20(24-15-6-8-25-9-7-21-18(25)12-15)26-10-11-29-13-17(26)19-22-14-23-27(19)16-4-2-1-3-5-16/h1-9,12,14,17H,10-11,13H2,(H,24,28). The summed E-state index contributed by atoms with van der Waals surface area (Å²) < 4.78 is 9.29. The van der Waals surface area contributed by atoms with Crippen LogP contribution in [0.1, 0.15) is 11.9 Å². The fourth-order valence-electron chi connectivity index (χ4n) is 3.49. The van der Waals surface area contributed by atoms with Crippen LogP contribution in [-0.4, -0.2) is 54.8 Å². The van der Waals surface area contributed by atoms with Crippen molar-refractivity contribution in [2.45, 2.75) is 6.04 Å². The van der Waals surface area contributed by atoms with Gasteiger partial charge in [0.05, 0.1) is 18.9 Å². The zero-order valence-electron chi connectivity index (χ0n) is 15.5. The Morgan fingerprint density at radius 1 is 1.14 bits per heavy atom. The van der Waals surface area contributed by atoms with E-state index in [4.69, 9.17) is 4.74 Å². The van der Waals surface area contributed by atoms with E-state index in [-0.39, 0.29) is 12.1 Å². The van der Waals surface area contributed by atoms with Crippen molar-refractivity contribution in [3.05, 3.63) is 73.2 Å². The van der Waals surface area contributed by atoms with E-state index in [0.717, 1.165) is 11.3 Å². The van der Waals surface area contributed by atoms with Crippen LogP contribution in [0.4, 0.5) is 10.5 Å². The molecule has 9 nitrogen and oxygen atoms in total. The second kappa shape index (κ2) is 7.36. The highest BCUT2D eigenvalue weighted by Gasteiger charge is 2.32. The molecule has 0 saturated carbocycles. The molecule has 0 radical (unpaired) electrons. The molecule has 1 aliphatic rings. The molecule has 2 amide bonds. The highest BCUT2D eigenvalue weighted by atomic mass is 16.5. The van der Waals surface area contributed by atoms with Crippen molar-refractivity contribution in [2.24, 2.45) is 0 Å². The van der Waals surface area contributed by atoms with Crippen molar-refractivity contribution < 1.29 is 9.53 Å². The lowest BCUT2D eigenvalue weighted by atomic mass is 10.2. The van der Waals surface area contributed by atoms with Crippen LogP contribution in [0.3, 0.4) is 0 Å². The average molecular weight is 389 g/mol. The Balaban J connectivity index is 1.42. The molecule has 1 fully saturated rings. The first-order chi connectivity index (χ1) is 14.3. The molecule has 29 heavy (non-hydrogen) atoms. The number of imidazole rings is 1. The van der Waals surface area contributed by atoms with Gasteiger partial charge in [0, 0.05) is 36.9 Å². The highest BCUT2D eigenvalue weighted by molar-refractivity contribution is 5.90. The van der Waals surface area contributed by atoms with E-state index in [0.29, 0.717) is 31.3 Å². The lowest BCUT2D eigenvalue weighted by Gasteiger charge is -2.34. The second-order valence-electron chi connectivity index (χ2n) is 6.69. The molecular weight excluding hydrogens is 370 g/mol. The van der Waals surface area contributed by atoms with E-state index in [1.807, 2.05) is 59.3 Å². The van der Waals surface area contributed by atoms with E-state index in [9.17, 15) is 4.79 Å². The third kappa shape index (κ3) is 3.32. The van der Waals surface area contributed by atoms with Crippen LogP contribution in [0.5, 0.6) is 0 Å². The van der Waals surface area contributed by atoms with E-state index in [1.54, 1.807) is 15.8 Å². The number of benzene rings is 1. The van der Waals surface area contributed by atoms with Crippen molar-refractivity contribution >= 4 is 17.4 Å². The first-order valence-electron chi connectivity index (χ1n) is 9.33. The largest absolute Gasteiger partial charge is 0.377 e. The molecule has 146 valence electrons. The minimum atomic E-state index is -0.346. The average Bonchev–Trinajstić information content (AvgIpc) is 3.43. The zero-order valence-corrected chi connectivity index (χ0v) is 15.5. The molecule has 1 aromatic carbocycles. The predicted octanol–water partition coefficient (Wildman–Crippen LogP) is 2.52. The summed E-state index contributed by atoms with van der Waals surface area (Å²) in [6, 6.07) is 12.8. The number of nitrogens with zero attached hydrogens (tertiary/aromatic N) is 6. The van der Waals surface area contributed by atoms with E-state index < -0.39 is 0 Å². The third-order valence-corrected chi connectivity index (χ3v) is 4.91. The van der Waals surface area contributed by atoms with Crippen LogP contribution in [0.2, 0.25) is 0 Å². The molecule has 9 heteroatoms. The summed E-state index contributed by atoms with van der Waals surface area (Å²) in [6.07, 6.45) is 6.94. The van der Waals surface area contributed by atoms with Crippen LogP contribution in [0.15, 0.2) is 67.4 Å². The van der Waals surface area contributed by atoms with Crippen molar-refractivity contribution in [2.75, 3.05) is 25.1 Å². The molecule has 4 aromatic rings.